The molecular formula is C30H29ClN2O5S. The van der Waals surface area contributed by atoms with Crippen LogP contribution < -0.4 is 14.4 Å². The van der Waals surface area contributed by atoms with Gasteiger partial charge in [-0.3, -0.25) is 14.6 Å². The minimum atomic E-state index is -0.500. The van der Waals surface area contributed by atoms with E-state index in [0.717, 1.165) is 16.8 Å². The number of hydrogen-bond donors (Lipinski definition) is 0. The summed E-state index contributed by atoms with van der Waals surface area (Å²) < 4.78 is 16.3. The number of carbonyl (C=O) groups excluding carboxylic acids is 2. The zero-order chi connectivity index (χ0) is 27.9. The highest BCUT2D eigenvalue weighted by Gasteiger charge is 2.39. The number of hydrogen-bond acceptors (Lipinski definition) is 6. The Bertz CT molecular complexity index is 1390. The summed E-state index contributed by atoms with van der Waals surface area (Å²) in [6.45, 7) is 6.21. The molecule has 0 aliphatic carbocycles. The molecule has 7 nitrogen and oxygen atoms in total. The number of aryl methyl sites for hydroxylation is 1. The van der Waals surface area contributed by atoms with Crippen molar-refractivity contribution in [2.24, 2.45) is 0 Å². The molecule has 0 unspecified atom stereocenters. The molecule has 4 rings (SSSR count). The average Bonchev–Trinajstić information content (AvgIpc) is 3.15. The molecule has 0 atom stereocenters. The quantitative estimate of drug-likeness (QED) is 0.166. The van der Waals surface area contributed by atoms with Crippen LogP contribution in [-0.4, -0.2) is 41.7 Å². The summed E-state index contributed by atoms with van der Waals surface area (Å²) in [6, 6.07) is 20.7. The van der Waals surface area contributed by atoms with Crippen molar-refractivity contribution in [2.45, 2.75) is 27.3 Å². The predicted octanol–water partition coefficient (Wildman–Crippen LogP) is 6.16. The minimum Gasteiger partial charge on any atom is -0.490 e. The van der Waals surface area contributed by atoms with Gasteiger partial charge in [-0.25, -0.2) is 4.79 Å². The van der Waals surface area contributed by atoms with E-state index in [1.807, 2.05) is 68.4 Å². The van der Waals surface area contributed by atoms with Gasteiger partial charge < -0.3 is 14.2 Å². The maximum absolute atomic E-state index is 13.8. The number of esters is 1. The van der Waals surface area contributed by atoms with Gasteiger partial charge in [-0.1, -0.05) is 59.6 Å². The molecule has 3 aromatic rings. The van der Waals surface area contributed by atoms with Crippen LogP contribution >= 0.6 is 23.8 Å². The van der Waals surface area contributed by atoms with Gasteiger partial charge in [0, 0.05) is 11.8 Å². The van der Waals surface area contributed by atoms with E-state index in [4.69, 9.17) is 38.0 Å². The zero-order valence-electron chi connectivity index (χ0n) is 22.0. The van der Waals surface area contributed by atoms with Crippen molar-refractivity contribution in [3.8, 4) is 11.5 Å². The Morgan fingerprint density at radius 2 is 1.67 bits per heavy atom. The van der Waals surface area contributed by atoms with Gasteiger partial charge in [0.1, 0.15) is 5.70 Å². The molecule has 1 amide bonds. The summed E-state index contributed by atoms with van der Waals surface area (Å²) in [5.41, 5.74) is 3.69. The van der Waals surface area contributed by atoms with Crippen LogP contribution in [0.3, 0.4) is 0 Å². The number of ether oxygens (including phenoxy) is 3. The maximum Gasteiger partial charge on any atom is 0.344 e. The third-order valence-electron chi connectivity index (χ3n) is 5.91. The Kier molecular flexibility index (Phi) is 9.22. The lowest BCUT2D eigenvalue weighted by atomic mass is 10.1. The predicted molar refractivity (Wildman–Crippen MR) is 156 cm³/mol. The second-order valence-electron chi connectivity index (χ2n) is 8.71. The molecule has 1 aliphatic rings. The number of carbonyl (C=O) groups is 2. The van der Waals surface area contributed by atoms with Gasteiger partial charge in [0.15, 0.2) is 23.2 Å². The van der Waals surface area contributed by atoms with E-state index in [1.165, 1.54) is 0 Å². The van der Waals surface area contributed by atoms with Gasteiger partial charge in [0.05, 0.1) is 24.8 Å². The number of anilines is 1. The summed E-state index contributed by atoms with van der Waals surface area (Å²) in [4.78, 5) is 28.9. The molecule has 1 saturated heterocycles. The summed E-state index contributed by atoms with van der Waals surface area (Å²) >= 11 is 12.5. The number of amides is 1. The van der Waals surface area contributed by atoms with Crippen molar-refractivity contribution < 1.29 is 23.8 Å². The first-order valence-corrected chi connectivity index (χ1v) is 13.3. The maximum atomic E-state index is 13.8. The molecule has 1 fully saturated rings. The van der Waals surface area contributed by atoms with Crippen LogP contribution in [0.2, 0.25) is 5.02 Å². The summed E-state index contributed by atoms with van der Waals surface area (Å²) in [6.07, 6.45) is 1.69. The number of rotatable bonds is 10. The summed E-state index contributed by atoms with van der Waals surface area (Å²) in [7, 11) is 0. The highest BCUT2D eigenvalue weighted by Crippen LogP contribution is 2.37. The first kappa shape index (κ1) is 28.1. The van der Waals surface area contributed by atoms with Gasteiger partial charge in [0.25, 0.3) is 5.91 Å². The molecule has 0 aromatic heterocycles. The summed E-state index contributed by atoms with van der Waals surface area (Å²) in [5, 5.41) is 0.684. The molecule has 39 heavy (non-hydrogen) atoms. The molecule has 1 aliphatic heterocycles. The van der Waals surface area contributed by atoms with Crippen LogP contribution in [0.5, 0.6) is 11.5 Å². The first-order valence-electron chi connectivity index (χ1n) is 12.5. The fraction of sp³-hybridized carbons (Fsp3) is 0.233. The van der Waals surface area contributed by atoms with Crippen molar-refractivity contribution in [2.75, 3.05) is 24.7 Å². The fourth-order valence-corrected chi connectivity index (χ4v) is 4.61. The Hall–Kier alpha value is -3.88. The Morgan fingerprint density at radius 1 is 0.974 bits per heavy atom. The Balaban J connectivity index is 1.74. The molecule has 0 bridgehead atoms. The Morgan fingerprint density at radius 3 is 2.33 bits per heavy atom. The normalized spacial score (nSPS) is 14.2. The van der Waals surface area contributed by atoms with Crippen molar-refractivity contribution in [1.29, 1.82) is 0 Å². The van der Waals surface area contributed by atoms with Crippen molar-refractivity contribution in [3.05, 3.63) is 94.1 Å². The Labute approximate surface area is 238 Å². The van der Waals surface area contributed by atoms with Crippen LogP contribution in [0.25, 0.3) is 6.08 Å². The van der Waals surface area contributed by atoms with Crippen molar-refractivity contribution >= 4 is 52.6 Å². The largest absolute Gasteiger partial charge is 0.490 e. The van der Waals surface area contributed by atoms with Gasteiger partial charge >= 0.3 is 5.97 Å². The summed E-state index contributed by atoms with van der Waals surface area (Å²) in [5.74, 6) is -0.0683. The van der Waals surface area contributed by atoms with E-state index in [9.17, 15) is 9.59 Å². The molecule has 0 N–H and O–H groups in total. The number of nitrogens with zero attached hydrogens (tertiary/aromatic N) is 2. The van der Waals surface area contributed by atoms with Gasteiger partial charge in [-0.05, 0) is 68.4 Å². The molecular weight excluding hydrogens is 536 g/mol. The molecule has 0 saturated carbocycles. The van der Waals surface area contributed by atoms with Crippen LogP contribution in [0, 0.1) is 6.92 Å². The van der Waals surface area contributed by atoms with E-state index in [1.54, 1.807) is 34.9 Å². The number of halogens is 1. The number of thiocarbonyl (C=S) groups is 1. The van der Waals surface area contributed by atoms with Crippen LogP contribution in [0.4, 0.5) is 5.69 Å². The lowest BCUT2D eigenvalue weighted by Gasteiger charge is -2.21. The topological polar surface area (TPSA) is 68.3 Å². The van der Waals surface area contributed by atoms with Gasteiger partial charge in [0.2, 0.25) is 0 Å². The van der Waals surface area contributed by atoms with Crippen LogP contribution in [0.15, 0.2) is 72.4 Å². The average molecular weight is 565 g/mol. The molecule has 9 heteroatoms. The van der Waals surface area contributed by atoms with Crippen molar-refractivity contribution in [1.82, 2.24) is 4.90 Å². The standard InChI is InChI=1S/C30H29ClN2O5S/c1-4-36-26-16-22(24(31)17-27(26)38-19-28(34)37-5-2)15-25-29(35)32(18-21-9-7-6-8-10-21)30(39)33(25)23-13-11-20(3)12-14-23/h6-17H,4-5,18-19H2,1-3H3/b25-15+. The smallest absolute Gasteiger partial charge is 0.344 e. The minimum absolute atomic E-state index is 0.249. The second kappa shape index (κ2) is 12.8. The van der Waals surface area contributed by atoms with Crippen molar-refractivity contribution in [3.63, 3.8) is 0 Å². The molecule has 3 aromatic carbocycles. The van der Waals surface area contributed by atoms with Gasteiger partial charge in [-0.2, -0.15) is 0 Å². The third-order valence-corrected chi connectivity index (χ3v) is 6.64. The lowest BCUT2D eigenvalue weighted by Crippen LogP contribution is -2.32. The van der Waals surface area contributed by atoms with E-state index in [-0.39, 0.29) is 19.1 Å². The highest BCUT2D eigenvalue weighted by atomic mass is 35.5. The van der Waals surface area contributed by atoms with E-state index >= 15 is 0 Å². The zero-order valence-corrected chi connectivity index (χ0v) is 23.6. The van der Waals surface area contributed by atoms with Gasteiger partial charge in [-0.15, -0.1) is 0 Å². The lowest BCUT2D eigenvalue weighted by molar-refractivity contribution is -0.145. The molecule has 0 radical (unpaired) electrons. The van der Waals surface area contributed by atoms with E-state index < -0.39 is 5.97 Å². The monoisotopic (exact) mass is 564 g/mol. The second-order valence-corrected chi connectivity index (χ2v) is 9.48. The van der Waals surface area contributed by atoms with E-state index in [0.29, 0.717) is 46.0 Å². The number of benzene rings is 3. The molecule has 0 spiro atoms. The third kappa shape index (κ3) is 6.58. The van der Waals surface area contributed by atoms with E-state index in [2.05, 4.69) is 0 Å². The highest BCUT2D eigenvalue weighted by molar-refractivity contribution is 7.80. The molecule has 1 heterocycles. The van der Waals surface area contributed by atoms with Crippen LogP contribution in [-0.2, 0) is 20.9 Å². The fourth-order valence-electron chi connectivity index (χ4n) is 4.05. The first-order chi connectivity index (χ1) is 18.8. The SMILES string of the molecule is CCOC(=O)COc1cc(Cl)c(/C=C2\C(=O)N(Cc3ccccc3)C(=S)N2c2ccc(C)cc2)cc1OCC. The molecule has 202 valence electrons. The van der Waals surface area contributed by atoms with Crippen LogP contribution in [0.1, 0.15) is 30.5 Å².